The van der Waals surface area contributed by atoms with Crippen molar-refractivity contribution < 1.29 is 9.90 Å². The highest BCUT2D eigenvalue weighted by Gasteiger charge is 2.23. The quantitative estimate of drug-likeness (QED) is 0.600. The molecule has 0 bridgehead atoms. The molecule has 2 saturated heterocycles. The Hall–Kier alpha value is -3.06. The number of pyridine rings is 1. The Bertz CT molecular complexity index is 1120. The molecule has 0 spiro atoms. The molecule has 180 valence electrons. The zero-order chi connectivity index (χ0) is 23.5. The maximum Gasteiger partial charge on any atom is 0.253 e. The van der Waals surface area contributed by atoms with Gasteiger partial charge in [0.25, 0.3) is 5.91 Å². The van der Waals surface area contributed by atoms with Crippen LogP contribution in [-0.4, -0.2) is 57.7 Å². The van der Waals surface area contributed by atoms with Gasteiger partial charge in [-0.1, -0.05) is 25.0 Å². The van der Waals surface area contributed by atoms with Crippen molar-refractivity contribution in [3.63, 3.8) is 0 Å². The number of rotatable bonds is 5. The minimum absolute atomic E-state index is 0.00749. The third kappa shape index (κ3) is 5.04. The first kappa shape index (κ1) is 22.7. The molecule has 34 heavy (non-hydrogen) atoms. The summed E-state index contributed by atoms with van der Waals surface area (Å²) in [5.41, 5.74) is 2.78. The van der Waals surface area contributed by atoms with Gasteiger partial charge in [-0.25, -0.2) is 4.98 Å². The van der Waals surface area contributed by atoms with Gasteiger partial charge in [-0.3, -0.25) is 9.69 Å². The second kappa shape index (κ2) is 10.1. The predicted octanol–water partition coefficient (Wildman–Crippen LogP) is 4.05. The fourth-order valence-corrected chi connectivity index (χ4v) is 5.26. The molecule has 2 aromatic heterocycles. The van der Waals surface area contributed by atoms with Gasteiger partial charge in [0.05, 0.1) is 5.56 Å². The van der Waals surface area contributed by atoms with Crippen molar-refractivity contribution in [3.05, 3.63) is 53.7 Å². The number of likely N-dealkylation sites (tertiary alicyclic amines) is 1. The molecule has 1 amide bonds. The highest BCUT2D eigenvalue weighted by molar-refractivity contribution is 6.06. The topological polar surface area (TPSA) is 73.6 Å². The standard InChI is InChI=1S/C27H35N5O2/c1-30-19-24(23-10-11-25(29-26(23)30)32-14-4-2-3-5-15-32)27(34)28-21-12-16-31(17-13-21)18-20-6-8-22(33)9-7-20/h6-11,19,21,33H,2-5,12-18H2,1H3,(H,28,34). The Labute approximate surface area is 201 Å². The molecule has 5 rings (SSSR count). The number of aryl methyl sites for hydroxylation is 1. The molecule has 0 radical (unpaired) electrons. The number of hydrogen-bond acceptors (Lipinski definition) is 5. The van der Waals surface area contributed by atoms with E-state index in [1.165, 1.54) is 31.2 Å². The summed E-state index contributed by atoms with van der Waals surface area (Å²) in [6, 6.07) is 11.7. The lowest BCUT2D eigenvalue weighted by Crippen LogP contribution is -2.44. The van der Waals surface area contributed by atoms with Gasteiger partial charge in [-0.2, -0.15) is 0 Å². The molecular weight excluding hydrogens is 426 g/mol. The van der Waals surface area contributed by atoms with E-state index in [2.05, 4.69) is 27.2 Å². The maximum atomic E-state index is 13.2. The summed E-state index contributed by atoms with van der Waals surface area (Å²) in [4.78, 5) is 22.9. The molecule has 2 N–H and O–H groups in total. The van der Waals surface area contributed by atoms with Crippen molar-refractivity contribution in [2.45, 2.75) is 51.1 Å². The highest BCUT2D eigenvalue weighted by Crippen LogP contribution is 2.25. The molecule has 1 aromatic carbocycles. The van der Waals surface area contributed by atoms with Crippen LogP contribution in [0.2, 0.25) is 0 Å². The van der Waals surface area contributed by atoms with E-state index in [-0.39, 0.29) is 11.9 Å². The monoisotopic (exact) mass is 461 g/mol. The molecule has 0 unspecified atom stereocenters. The largest absolute Gasteiger partial charge is 0.508 e. The number of piperidine rings is 1. The Morgan fingerprint density at radius 2 is 1.71 bits per heavy atom. The summed E-state index contributed by atoms with van der Waals surface area (Å²) in [7, 11) is 1.97. The van der Waals surface area contributed by atoms with Gasteiger partial charge < -0.3 is 19.9 Å². The molecule has 2 fully saturated rings. The summed E-state index contributed by atoms with van der Waals surface area (Å²) in [5, 5.41) is 13.7. The number of nitrogens with zero attached hydrogens (tertiary/aromatic N) is 4. The number of amides is 1. The number of carbonyl (C=O) groups excluding carboxylic acids is 1. The minimum Gasteiger partial charge on any atom is -0.508 e. The number of hydrogen-bond donors (Lipinski definition) is 2. The summed E-state index contributed by atoms with van der Waals surface area (Å²) >= 11 is 0. The predicted molar refractivity (Wildman–Crippen MR) is 135 cm³/mol. The van der Waals surface area contributed by atoms with E-state index in [4.69, 9.17) is 4.98 Å². The van der Waals surface area contributed by atoms with E-state index >= 15 is 0 Å². The van der Waals surface area contributed by atoms with Gasteiger partial charge in [0.15, 0.2) is 0 Å². The van der Waals surface area contributed by atoms with Crippen LogP contribution >= 0.6 is 0 Å². The van der Waals surface area contributed by atoms with Gasteiger partial charge >= 0.3 is 0 Å². The van der Waals surface area contributed by atoms with Crippen LogP contribution in [-0.2, 0) is 13.6 Å². The lowest BCUT2D eigenvalue weighted by molar-refractivity contribution is 0.0910. The smallest absolute Gasteiger partial charge is 0.253 e. The van der Waals surface area contributed by atoms with Crippen molar-refractivity contribution >= 4 is 22.8 Å². The van der Waals surface area contributed by atoms with E-state index in [1.807, 2.05) is 29.9 Å². The Morgan fingerprint density at radius 1 is 1.00 bits per heavy atom. The van der Waals surface area contributed by atoms with Crippen molar-refractivity contribution in [2.75, 3.05) is 31.1 Å². The first-order valence-corrected chi connectivity index (χ1v) is 12.6. The molecule has 0 saturated carbocycles. The number of nitrogens with one attached hydrogen (secondary N) is 1. The lowest BCUT2D eigenvalue weighted by Gasteiger charge is -2.32. The molecule has 4 heterocycles. The number of benzene rings is 1. The average molecular weight is 462 g/mol. The normalized spacial score (nSPS) is 18.2. The van der Waals surface area contributed by atoms with Gasteiger partial charge in [-0.05, 0) is 55.5 Å². The van der Waals surface area contributed by atoms with Gasteiger partial charge in [-0.15, -0.1) is 0 Å². The number of phenolic OH excluding ortho intramolecular Hbond substituents is 1. The summed E-state index contributed by atoms with van der Waals surface area (Å²) in [5.74, 6) is 1.31. The third-order valence-electron chi connectivity index (χ3n) is 7.25. The number of phenols is 1. The SMILES string of the molecule is Cn1cc(C(=O)NC2CCN(Cc3ccc(O)cc3)CC2)c2ccc(N3CCCCCC3)nc21. The zero-order valence-electron chi connectivity index (χ0n) is 20.0. The second-order valence-corrected chi connectivity index (χ2v) is 9.79. The first-order valence-electron chi connectivity index (χ1n) is 12.6. The number of fused-ring (bicyclic) bond motifs is 1. The second-order valence-electron chi connectivity index (χ2n) is 9.79. The molecule has 3 aromatic rings. The third-order valence-corrected chi connectivity index (χ3v) is 7.25. The van der Waals surface area contributed by atoms with E-state index in [0.717, 1.165) is 62.4 Å². The average Bonchev–Trinajstić information content (AvgIpc) is 3.01. The van der Waals surface area contributed by atoms with E-state index < -0.39 is 0 Å². The molecular formula is C27H35N5O2. The summed E-state index contributed by atoms with van der Waals surface area (Å²) in [6.07, 6.45) is 8.81. The molecule has 7 nitrogen and oxygen atoms in total. The fourth-order valence-electron chi connectivity index (χ4n) is 5.26. The number of aromatic nitrogens is 2. The summed E-state index contributed by atoms with van der Waals surface area (Å²) in [6.45, 7) is 4.88. The van der Waals surface area contributed by atoms with Gasteiger partial charge in [0, 0.05) is 57.4 Å². The summed E-state index contributed by atoms with van der Waals surface area (Å²) < 4.78 is 1.98. The van der Waals surface area contributed by atoms with Crippen molar-refractivity contribution in [2.24, 2.45) is 7.05 Å². The fraction of sp³-hybridized carbons (Fsp3) is 0.481. The number of carbonyl (C=O) groups is 1. The van der Waals surface area contributed by atoms with Crippen LogP contribution in [0.3, 0.4) is 0 Å². The maximum absolute atomic E-state index is 13.2. The van der Waals surface area contributed by atoms with E-state index in [0.29, 0.717) is 11.3 Å². The van der Waals surface area contributed by atoms with Crippen LogP contribution in [0.15, 0.2) is 42.6 Å². The van der Waals surface area contributed by atoms with Crippen LogP contribution in [0.5, 0.6) is 5.75 Å². The molecule has 0 atom stereocenters. The van der Waals surface area contributed by atoms with Crippen molar-refractivity contribution in [1.82, 2.24) is 19.8 Å². The van der Waals surface area contributed by atoms with Crippen LogP contribution in [0.4, 0.5) is 5.82 Å². The van der Waals surface area contributed by atoms with Crippen LogP contribution in [0.25, 0.3) is 11.0 Å². The van der Waals surface area contributed by atoms with Crippen LogP contribution in [0.1, 0.15) is 54.4 Å². The lowest BCUT2D eigenvalue weighted by atomic mass is 10.0. The minimum atomic E-state index is -0.00749. The molecule has 7 heteroatoms. The number of anilines is 1. The van der Waals surface area contributed by atoms with Crippen LogP contribution in [0, 0.1) is 0 Å². The van der Waals surface area contributed by atoms with E-state index in [1.54, 1.807) is 12.1 Å². The zero-order valence-corrected chi connectivity index (χ0v) is 20.0. The van der Waals surface area contributed by atoms with Crippen LogP contribution < -0.4 is 10.2 Å². The molecule has 0 aliphatic carbocycles. The Balaban J connectivity index is 1.21. The van der Waals surface area contributed by atoms with Gasteiger partial charge in [0.2, 0.25) is 0 Å². The highest BCUT2D eigenvalue weighted by atomic mass is 16.3. The van der Waals surface area contributed by atoms with Gasteiger partial charge in [0.1, 0.15) is 17.2 Å². The number of aromatic hydroxyl groups is 1. The van der Waals surface area contributed by atoms with E-state index in [9.17, 15) is 9.90 Å². The Kier molecular flexibility index (Phi) is 6.72. The van der Waals surface area contributed by atoms with Crippen molar-refractivity contribution in [3.8, 4) is 5.75 Å². The first-order chi connectivity index (χ1) is 16.6. The Morgan fingerprint density at radius 3 is 2.41 bits per heavy atom. The molecule has 2 aliphatic heterocycles. The van der Waals surface area contributed by atoms with Crippen molar-refractivity contribution in [1.29, 1.82) is 0 Å². The molecule has 2 aliphatic rings.